The van der Waals surface area contributed by atoms with E-state index in [9.17, 15) is 22.4 Å². The molecule has 0 aliphatic heterocycles. The first kappa shape index (κ1) is 16.9. The Labute approximate surface area is 120 Å². The number of halogens is 1. The van der Waals surface area contributed by atoms with E-state index in [2.05, 4.69) is 10.6 Å². The molecule has 2 amide bonds. The monoisotopic (exact) mass is 319 g/mol. The van der Waals surface area contributed by atoms with Crippen LogP contribution in [-0.2, 0) is 10.0 Å². The molecule has 0 bridgehead atoms. The lowest BCUT2D eigenvalue weighted by Crippen LogP contribution is -2.31. The number of hydrogen-bond acceptors (Lipinski definition) is 4. The van der Waals surface area contributed by atoms with Crippen molar-refractivity contribution in [1.29, 1.82) is 0 Å². The standard InChI is InChI=1S/C11H14FN3O5S/c12-7-3-1-4-8(9(7)10(16)17)15-11(18)14-5-2-6-21(13,19)20/h1,3-4H,2,5-6H2,(H,16,17)(H2,13,19,20)(H2,14,15,18). The summed E-state index contributed by atoms with van der Waals surface area (Å²) in [6.45, 7) is 0.0139. The Morgan fingerprint density at radius 3 is 2.57 bits per heavy atom. The van der Waals surface area contributed by atoms with Crippen LogP contribution in [0.3, 0.4) is 0 Å². The second kappa shape index (κ2) is 6.99. The lowest BCUT2D eigenvalue weighted by molar-refractivity contribution is 0.0693. The molecular formula is C11H14FN3O5S. The van der Waals surface area contributed by atoms with E-state index in [1.54, 1.807) is 0 Å². The molecule has 0 aromatic heterocycles. The van der Waals surface area contributed by atoms with Crippen LogP contribution >= 0.6 is 0 Å². The summed E-state index contributed by atoms with van der Waals surface area (Å²) in [4.78, 5) is 22.4. The van der Waals surface area contributed by atoms with Gasteiger partial charge in [0.15, 0.2) is 0 Å². The van der Waals surface area contributed by atoms with E-state index < -0.39 is 33.4 Å². The predicted octanol–water partition coefficient (Wildman–Crippen LogP) is 0.324. The molecule has 8 nitrogen and oxygen atoms in total. The number of carbonyl (C=O) groups excluding carboxylic acids is 1. The van der Waals surface area contributed by atoms with Gasteiger partial charge in [0.1, 0.15) is 11.4 Å². The van der Waals surface area contributed by atoms with Crippen molar-refractivity contribution in [2.45, 2.75) is 6.42 Å². The number of sulfonamides is 1. The van der Waals surface area contributed by atoms with Gasteiger partial charge in [0.05, 0.1) is 11.4 Å². The third-order valence-electron chi connectivity index (χ3n) is 2.37. The Bertz CT molecular complexity index is 647. The first-order valence-electron chi connectivity index (χ1n) is 5.78. The van der Waals surface area contributed by atoms with Gasteiger partial charge in [0, 0.05) is 6.54 Å². The van der Waals surface area contributed by atoms with Crippen molar-refractivity contribution >= 4 is 27.7 Å². The van der Waals surface area contributed by atoms with Crippen LogP contribution in [0, 0.1) is 5.82 Å². The number of nitrogens with one attached hydrogen (secondary N) is 2. The molecular weight excluding hydrogens is 305 g/mol. The summed E-state index contributed by atoms with van der Waals surface area (Å²) in [7, 11) is -3.60. The molecule has 0 spiro atoms. The Hall–Kier alpha value is -2.20. The molecule has 1 rings (SSSR count). The van der Waals surface area contributed by atoms with Crippen LogP contribution in [0.5, 0.6) is 0 Å². The third-order valence-corrected chi connectivity index (χ3v) is 3.22. The molecule has 0 aliphatic carbocycles. The van der Waals surface area contributed by atoms with Crippen LogP contribution in [0.1, 0.15) is 16.8 Å². The van der Waals surface area contributed by atoms with E-state index >= 15 is 0 Å². The largest absolute Gasteiger partial charge is 0.478 e. The zero-order valence-electron chi connectivity index (χ0n) is 10.8. The highest BCUT2D eigenvalue weighted by atomic mass is 32.2. The topological polar surface area (TPSA) is 139 Å². The predicted molar refractivity (Wildman–Crippen MR) is 73.0 cm³/mol. The number of hydrogen-bond donors (Lipinski definition) is 4. The Kier molecular flexibility index (Phi) is 5.61. The number of primary sulfonamides is 1. The number of carboxylic acids is 1. The van der Waals surface area contributed by atoms with Crippen LogP contribution < -0.4 is 15.8 Å². The molecule has 0 saturated heterocycles. The van der Waals surface area contributed by atoms with Crippen LogP contribution in [0.15, 0.2) is 18.2 Å². The molecule has 0 atom stereocenters. The number of aromatic carboxylic acids is 1. The van der Waals surface area contributed by atoms with E-state index in [0.717, 1.165) is 6.07 Å². The summed E-state index contributed by atoms with van der Waals surface area (Å²) < 4.78 is 34.7. The van der Waals surface area contributed by atoms with Crippen molar-refractivity contribution in [2.24, 2.45) is 5.14 Å². The van der Waals surface area contributed by atoms with Crippen LogP contribution in [-0.4, -0.2) is 37.8 Å². The maximum Gasteiger partial charge on any atom is 0.340 e. The third kappa shape index (κ3) is 5.75. The molecule has 116 valence electrons. The van der Waals surface area contributed by atoms with Crippen molar-refractivity contribution in [3.05, 3.63) is 29.6 Å². The minimum Gasteiger partial charge on any atom is -0.478 e. The first-order valence-corrected chi connectivity index (χ1v) is 7.49. The molecule has 0 aliphatic rings. The summed E-state index contributed by atoms with van der Waals surface area (Å²) >= 11 is 0. The van der Waals surface area contributed by atoms with Gasteiger partial charge < -0.3 is 15.7 Å². The van der Waals surface area contributed by atoms with Crippen LogP contribution in [0.2, 0.25) is 0 Å². The molecule has 0 fully saturated rings. The van der Waals surface area contributed by atoms with Gasteiger partial charge in [-0.05, 0) is 18.6 Å². The zero-order valence-corrected chi connectivity index (χ0v) is 11.6. The van der Waals surface area contributed by atoms with Crippen molar-refractivity contribution in [3.63, 3.8) is 0 Å². The maximum atomic E-state index is 13.4. The molecule has 21 heavy (non-hydrogen) atoms. The number of anilines is 1. The van der Waals surface area contributed by atoms with Gasteiger partial charge in [-0.2, -0.15) is 0 Å². The van der Waals surface area contributed by atoms with Crippen molar-refractivity contribution in [1.82, 2.24) is 5.32 Å². The second-order valence-corrected chi connectivity index (χ2v) is 5.80. The first-order chi connectivity index (χ1) is 9.70. The van der Waals surface area contributed by atoms with Gasteiger partial charge in [-0.1, -0.05) is 6.07 Å². The lowest BCUT2D eigenvalue weighted by atomic mass is 10.1. The molecule has 0 heterocycles. The van der Waals surface area contributed by atoms with E-state index in [1.807, 2.05) is 0 Å². The van der Waals surface area contributed by atoms with Crippen LogP contribution in [0.4, 0.5) is 14.9 Å². The van der Waals surface area contributed by atoms with Gasteiger partial charge in [0.25, 0.3) is 0 Å². The average molecular weight is 319 g/mol. The fourth-order valence-corrected chi connectivity index (χ4v) is 2.03. The van der Waals surface area contributed by atoms with Gasteiger partial charge >= 0.3 is 12.0 Å². The normalized spacial score (nSPS) is 11.0. The van der Waals surface area contributed by atoms with Gasteiger partial charge in [-0.3, -0.25) is 0 Å². The van der Waals surface area contributed by atoms with Gasteiger partial charge in [-0.15, -0.1) is 0 Å². The van der Waals surface area contributed by atoms with E-state index in [4.69, 9.17) is 10.2 Å². The summed E-state index contributed by atoms with van der Waals surface area (Å²) in [6, 6.07) is 2.66. The number of carbonyl (C=O) groups is 2. The quantitative estimate of drug-likeness (QED) is 0.559. The van der Waals surface area contributed by atoms with Gasteiger partial charge in [-0.25, -0.2) is 27.5 Å². The minimum atomic E-state index is -3.60. The molecule has 1 aromatic carbocycles. The molecule has 1 aromatic rings. The molecule has 0 radical (unpaired) electrons. The number of rotatable bonds is 6. The van der Waals surface area contributed by atoms with E-state index in [1.165, 1.54) is 12.1 Å². The summed E-state index contributed by atoms with van der Waals surface area (Å²) in [5, 5.41) is 18.1. The summed E-state index contributed by atoms with van der Waals surface area (Å²) in [5.41, 5.74) is -0.858. The van der Waals surface area contributed by atoms with E-state index in [-0.39, 0.29) is 24.4 Å². The fourth-order valence-electron chi connectivity index (χ4n) is 1.49. The lowest BCUT2D eigenvalue weighted by Gasteiger charge is -2.10. The molecule has 10 heteroatoms. The number of amides is 2. The number of urea groups is 1. The number of benzene rings is 1. The zero-order chi connectivity index (χ0) is 16.0. The molecule has 0 saturated carbocycles. The van der Waals surface area contributed by atoms with Crippen molar-refractivity contribution in [3.8, 4) is 0 Å². The Morgan fingerprint density at radius 2 is 2.00 bits per heavy atom. The van der Waals surface area contributed by atoms with Gasteiger partial charge in [0.2, 0.25) is 10.0 Å². The number of nitrogens with two attached hydrogens (primary N) is 1. The smallest absolute Gasteiger partial charge is 0.340 e. The molecule has 0 unspecified atom stereocenters. The molecule has 5 N–H and O–H groups in total. The fraction of sp³-hybridized carbons (Fsp3) is 0.273. The summed E-state index contributed by atoms with van der Waals surface area (Å²) in [5.74, 6) is -2.79. The van der Waals surface area contributed by atoms with Crippen molar-refractivity contribution in [2.75, 3.05) is 17.6 Å². The highest BCUT2D eigenvalue weighted by Crippen LogP contribution is 2.18. The summed E-state index contributed by atoms with van der Waals surface area (Å²) in [6.07, 6.45) is 0.0984. The average Bonchev–Trinajstić information content (AvgIpc) is 2.33. The second-order valence-electron chi connectivity index (χ2n) is 4.07. The Balaban J connectivity index is 2.60. The number of carboxylic acid groups (broad SMARTS) is 1. The minimum absolute atomic E-state index is 0.0139. The SMILES string of the molecule is NS(=O)(=O)CCCNC(=O)Nc1cccc(F)c1C(=O)O. The van der Waals surface area contributed by atoms with Crippen molar-refractivity contribution < 1.29 is 27.5 Å². The maximum absolute atomic E-state index is 13.4. The van der Waals surface area contributed by atoms with E-state index in [0.29, 0.717) is 0 Å². The Morgan fingerprint density at radius 1 is 1.33 bits per heavy atom. The highest BCUT2D eigenvalue weighted by molar-refractivity contribution is 7.89. The van der Waals surface area contributed by atoms with Crippen LogP contribution in [0.25, 0.3) is 0 Å². The highest BCUT2D eigenvalue weighted by Gasteiger charge is 2.17.